The minimum atomic E-state index is -0.433. The zero-order valence-corrected chi connectivity index (χ0v) is 13.5. The largest absolute Gasteiger partial charge is 0.324 e. The number of likely N-dealkylation sites (tertiary alicyclic amines) is 1. The Kier molecular flexibility index (Phi) is 3.67. The minimum Gasteiger partial charge on any atom is -0.324 e. The second kappa shape index (κ2) is 5.87. The smallest absolute Gasteiger partial charge is 0.323 e. The van der Waals surface area contributed by atoms with Crippen molar-refractivity contribution in [3.8, 4) is 0 Å². The van der Waals surface area contributed by atoms with E-state index in [0.29, 0.717) is 16.7 Å². The molecule has 4 rings (SSSR count). The summed E-state index contributed by atoms with van der Waals surface area (Å²) in [6.07, 6.45) is 3.36. The van der Waals surface area contributed by atoms with Crippen LogP contribution in [0.2, 0.25) is 0 Å². The number of rotatable bonds is 3. The van der Waals surface area contributed by atoms with Crippen molar-refractivity contribution in [2.45, 2.75) is 25.7 Å². The minimum absolute atomic E-state index is 0.227. The molecule has 2 atom stereocenters. The highest BCUT2D eigenvalue weighted by atomic mass is 16.2. The highest BCUT2D eigenvalue weighted by molar-refractivity contribution is 6.08. The first-order chi connectivity index (χ1) is 12.0. The van der Waals surface area contributed by atoms with E-state index < -0.39 is 5.91 Å². The molecule has 3 N–H and O–H groups in total. The van der Waals surface area contributed by atoms with Crippen molar-refractivity contribution in [1.82, 2.24) is 14.9 Å². The van der Waals surface area contributed by atoms with Crippen molar-refractivity contribution < 1.29 is 14.4 Å². The molecule has 1 aliphatic carbocycles. The molecule has 3 amide bonds. The monoisotopic (exact) mass is 342 g/mol. The maximum atomic E-state index is 12.4. The Morgan fingerprint density at radius 2 is 1.68 bits per heavy atom. The number of amides is 3. The van der Waals surface area contributed by atoms with E-state index >= 15 is 0 Å². The molecular formula is C17H18N4O4. The van der Waals surface area contributed by atoms with E-state index in [4.69, 9.17) is 0 Å². The molecule has 0 bridgehead atoms. The molecule has 2 aromatic rings. The summed E-state index contributed by atoms with van der Waals surface area (Å²) in [5.41, 5.74) is 1.37. The Labute approximate surface area is 142 Å². The topological polar surface area (TPSA) is 115 Å². The Hall–Kier alpha value is -2.90. The number of aromatic amines is 2. The van der Waals surface area contributed by atoms with Gasteiger partial charge in [-0.3, -0.25) is 19.3 Å². The van der Waals surface area contributed by atoms with Gasteiger partial charge in [-0.15, -0.1) is 0 Å². The van der Waals surface area contributed by atoms with Crippen molar-refractivity contribution >= 4 is 34.4 Å². The van der Waals surface area contributed by atoms with Crippen LogP contribution in [-0.2, 0) is 14.4 Å². The molecule has 2 aliphatic rings. The van der Waals surface area contributed by atoms with Crippen LogP contribution < -0.4 is 11.0 Å². The average molecular weight is 342 g/mol. The molecule has 8 heteroatoms. The first-order valence-corrected chi connectivity index (χ1v) is 8.40. The first kappa shape index (κ1) is 15.6. The first-order valence-electron chi connectivity index (χ1n) is 8.40. The van der Waals surface area contributed by atoms with Crippen LogP contribution in [0.1, 0.15) is 25.7 Å². The summed E-state index contributed by atoms with van der Waals surface area (Å²) in [6.45, 7) is -0.271. The van der Waals surface area contributed by atoms with E-state index in [0.717, 1.165) is 30.6 Å². The van der Waals surface area contributed by atoms with Gasteiger partial charge < -0.3 is 15.3 Å². The molecule has 1 aromatic carbocycles. The van der Waals surface area contributed by atoms with E-state index in [9.17, 15) is 19.2 Å². The predicted molar refractivity (Wildman–Crippen MR) is 89.7 cm³/mol. The molecule has 0 spiro atoms. The van der Waals surface area contributed by atoms with Crippen LogP contribution >= 0.6 is 0 Å². The summed E-state index contributed by atoms with van der Waals surface area (Å²) < 4.78 is 0. The number of anilines is 1. The Morgan fingerprint density at radius 1 is 1.04 bits per heavy atom. The van der Waals surface area contributed by atoms with Crippen molar-refractivity contribution in [2.75, 3.05) is 11.9 Å². The molecule has 0 unspecified atom stereocenters. The summed E-state index contributed by atoms with van der Waals surface area (Å²) in [5.74, 6) is -1.39. The number of imide groups is 1. The Morgan fingerprint density at radius 3 is 2.36 bits per heavy atom. The fourth-order valence-electron chi connectivity index (χ4n) is 3.84. The second-order valence-electron chi connectivity index (χ2n) is 6.65. The highest BCUT2D eigenvalue weighted by Gasteiger charge is 2.48. The summed E-state index contributed by atoms with van der Waals surface area (Å²) >= 11 is 0. The normalized spacial score (nSPS) is 23.1. The Balaban J connectivity index is 1.46. The van der Waals surface area contributed by atoms with Crippen molar-refractivity contribution in [3.05, 3.63) is 28.7 Å². The molecule has 1 aromatic heterocycles. The van der Waals surface area contributed by atoms with Gasteiger partial charge in [0.25, 0.3) is 0 Å². The SMILES string of the molecule is O=C(CN1C(=O)[C@H]2CCCC[C@H]2C1=O)Nc1ccc2[nH]c(=O)[nH]c2c1. The summed E-state index contributed by atoms with van der Waals surface area (Å²) in [6, 6.07) is 4.94. The van der Waals surface area contributed by atoms with Crippen LogP contribution in [0.4, 0.5) is 5.69 Å². The van der Waals surface area contributed by atoms with Crippen LogP contribution in [0.25, 0.3) is 11.0 Å². The molecule has 1 aliphatic heterocycles. The van der Waals surface area contributed by atoms with Gasteiger partial charge >= 0.3 is 5.69 Å². The summed E-state index contributed by atoms with van der Waals surface area (Å²) in [7, 11) is 0. The number of benzene rings is 1. The van der Waals surface area contributed by atoms with Gasteiger partial charge in [0, 0.05) is 5.69 Å². The van der Waals surface area contributed by atoms with Crippen molar-refractivity contribution in [3.63, 3.8) is 0 Å². The van der Waals surface area contributed by atoms with Crippen LogP contribution in [0.15, 0.2) is 23.0 Å². The zero-order chi connectivity index (χ0) is 17.6. The van der Waals surface area contributed by atoms with Gasteiger partial charge in [0.2, 0.25) is 17.7 Å². The van der Waals surface area contributed by atoms with E-state index in [-0.39, 0.29) is 35.9 Å². The van der Waals surface area contributed by atoms with Gasteiger partial charge in [-0.2, -0.15) is 0 Å². The molecule has 0 radical (unpaired) electrons. The molecule has 1 saturated heterocycles. The molecular weight excluding hydrogens is 324 g/mol. The maximum Gasteiger partial charge on any atom is 0.323 e. The fraction of sp³-hybridized carbons (Fsp3) is 0.412. The van der Waals surface area contributed by atoms with Crippen LogP contribution in [0, 0.1) is 11.8 Å². The van der Waals surface area contributed by atoms with E-state index in [1.165, 1.54) is 0 Å². The van der Waals surface area contributed by atoms with Crippen molar-refractivity contribution in [2.24, 2.45) is 11.8 Å². The van der Waals surface area contributed by atoms with Crippen molar-refractivity contribution in [1.29, 1.82) is 0 Å². The summed E-state index contributed by atoms with van der Waals surface area (Å²) in [5, 5.41) is 2.67. The number of hydrogen-bond acceptors (Lipinski definition) is 4. The van der Waals surface area contributed by atoms with Gasteiger partial charge in [0.05, 0.1) is 22.9 Å². The number of aromatic nitrogens is 2. The number of carbonyl (C=O) groups excluding carboxylic acids is 3. The molecule has 2 heterocycles. The maximum absolute atomic E-state index is 12.4. The van der Waals surface area contributed by atoms with Crippen LogP contribution in [0.3, 0.4) is 0 Å². The third-order valence-corrected chi connectivity index (χ3v) is 5.03. The number of H-pyrrole nitrogens is 2. The van der Waals surface area contributed by atoms with Gasteiger partial charge in [0.1, 0.15) is 6.54 Å². The predicted octanol–water partition coefficient (Wildman–Crippen LogP) is 0.970. The summed E-state index contributed by atoms with van der Waals surface area (Å²) in [4.78, 5) is 54.6. The second-order valence-corrected chi connectivity index (χ2v) is 6.65. The van der Waals surface area contributed by atoms with Gasteiger partial charge in [-0.05, 0) is 31.0 Å². The molecule has 25 heavy (non-hydrogen) atoms. The lowest BCUT2D eigenvalue weighted by atomic mass is 9.81. The third kappa shape index (κ3) is 2.73. The Bertz CT molecular complexity index is 904. The van der Waals surface area contributed by atoms with E-state index in [2.05, 4.69) is 15.3 Å². The molecule has 2 fully saturated rings. The molecule has 1 saturated carbocycles. The quantitative estimate of drug-likeness (QED) is 0.721. The fourth-order valence-corrected chi connectivity index (χ4v) is 3.84. The highest BCUT2D eigenvalue weighted by Crippen LogP contribution is 2.37. The standard InChI is InChI=1S/C17H18N4O4/c22-14(18-9-5-6-12-13(7-9)20-17(25)19-12)8-21-15(23)10-3-1-2-4-11(10)16(21)24/h5-7,10-11H,1-4,8H2,(H,18,22)(H2,19,20,25)/t10-,11+. The average Bonchev–Trinajstić information content (AvgIpc) is 3.07. The zero-order valence-electron chi connectivity index (χ0n) is 13.5. The van der Waals surface area contributed by atoms with Gasteiger partial charge in [0.15, 0.2) is 0 Å². The van der Waals surface area contributed by atoms with Crippen LogP contribution in [0.5, 0.6) is 0 Å². The van der Waals surface area contributed by atoms with Crippen LogP contribution in [-0.4, -0.2) is 39.1 Å². The number of carbonyl (C=O) groups is 3. The lowest BCUT2D eigenvalue weighted by Crippen LogP contribution is -2.38. The number of imidazole rings is 1. The molecule has 8 nitrogen and oxygen atoms in total. The van der Waals surface area contributed by atoms with Gasteiger partial charge in [-0.25, -0.2) is 4.79 Å². The van der Waals surface area contributed by atoms with E-state index in [1.807, 2.05) is 0 Å². The molecule has 130 valence electrons. The van der Waals surface area contributed by atoms with E-state index in [1.54, 1.807) is 18.2 Å². The lowest BCUT2D eigenvalue weighted by Gasteiger charge is -2.19. The number of nitrogens with one attached hydrogen (secondary N) is 3. The number of nitrogens with zero attached hydrogens (tertiary/aromatic N) is 1. The number of fused-ring (bicyclic) bond motifs is 2. The number of hydrogen-bond donors (Lipinski definition) is 3. The lowest BCUT2D eigenvalue weighted by molar-refractivity contribution is -0.142. The third-order valence-electron chi connectivity index (χ3n) is 5.03. The van der Waals surface area contributed by atoms with Gasteiger partial charge in [-0.1, -0.05) is 12.8 Å².